The number of aromatic nitrogens is 3. The van der Waals surface area contributed by atoms with Crippen molar-refractivity contribution in [2.45, 2.75) is 19.2 Å². The van der Waals surface area contributed by atoms with Crippen LogP contribution in [0.5, 0.6) is 0 Å². The monoisotopic (exact) mass is 239 g/mol. The Kier molecular flexibility index (Phi) is 2.98. The molecule has 0 bridgehead atoms. The van der Waals surface area contributed by atoms with Crippen LogP contribution in [-0.2, 0) is 0 Å². The topological polar surface area (TPSA) is 38.7 Å². The smallest absolute Gasteiger partial charge is 0.166 e. The summed E-state index contributed by atoms with van der Waals surface area (Å²) in [6, 6.07) is 5.84. The first-order valence-corrected chi connectivity index (χ1v) is 5.83. The Morgan fingerprint density at radius 2 is 2.13 bits per heavy atom. The number of aryl methyl sites for hydroxylation is 1. The summed E-state index contributed by atoms with van der Waals surface area (Å²) in [4.78, 5) is 4.38. The van der Waals surface area contributed by atoms with Gasteiger partial charge in [0.1, 0.15) is 10.7 Å². The zero-order valence-corrected chi connectivity index (χ0v) is 10.0. The predicted molar refractivity (Wildman–Crippen MR) is 62.1 cm³/mol. The SMILES string of the molecule is Cc1cccc(-c2nnc(C(C)Cl)s2)n1. The van der Waals surface area contributed by atoms with Crippen molar-refractivity contribution in [3.63, 3.8) is 0 Å². The molecule has 0 amide bonds. The molecule has 2 heterocycles. The van der Waals surface area contributed by atoms with Crippen molar-refractivity contribution >= 4 is 22.9 Å². The zero-order valence-electron chi connectivity index (χ0n) is 8.44. The van der Waals surface area contributed by atoms with Gasteiger partial charge in [0, 0.05) is 5.69 Å². The summed E-state index contributed by atoms with van der Waals surface area (Å²) >= 11 is 7.41. The minimum absolute atomic E-state index is 0.0962. The average Bonchev–Trinajstić information content (AvgIpc) is 2.66. The largest absolute Gasteiger partial charge is 0.251 e. The van der Waals surface area contributed by atoms with Crippen LogP contribution in [0.25, 0.3) is 10.7 Å². The average molecular weight is 240 g/mol. The van der Waals surface area contributed by atoms with E-state index in [1.54, 1.807) is 0 Å². The number of pyridine rings is 1. The molecular formula is C10H10ClN3S. The van der Waals surface area contributed by atoms with E-state index in [0.717, 1.165) is 21.4 Å². The highest BCUT2D eigenvalue weighted by atomic mass is 35.5. The highest BCUT2D eigenvalue weighted by Crippen LogP contribution is 2.28. The first kappa shape index (κ1) is 10.5. The summed E-state index contributed by atoms with van der Waals surface area (Å²) in [5, 5.41) is 9.64. The van der Waals surface area contributed by atoms with Crippen LogP contribution in [-0.4, -0.2) is 15.2 Å². The molecule has 0 aliphatic carbocycles. The van der Waals surface area contributed by atoms with Crippen molar-refractivity contribution in [3.8, 4) is 10.7 Å². The van der Waals surface area contributed by atoms with E-state index >= 15 is 0 Å². The van der Waals surface area contributed by atoms with Gasteiger partial charge in [0.15, 0.2) is 5.01 Å². The van der Waals surface area contributed by atoms with Gasteiger partial charge in [-0.15, -0.1) is 21.8 Å². The fourth-order valence-corrected chi connectivity index (χ4v) is 2.08. The van der Waals surface area contributed by atoms with E-state index in [9.17, 15) is 0 Å². The first-order chi connectivity index (χ1) is 7.16. The summed E-state index contributed by atoms with van der Waals surface area (Å²) in [5.41, 5.74) is 1.83. The minimum atomic E-state index is -0.0962. The number of halogens is 1. The van der Waals surface area contributed by atoms with Gasteiger partial charge in [-0.05, 0) is 26.0 Å². The van der Waals surface area contributed by atoms with Gasteiger partial charge in [-0.2, -0.15) is 0 Å². The van der Waals surface area contributed by atoms with Gasteiger partial charge in [0.2, 0.25) is 0 Å². The molecule has 0 saturated heterocycles. The lowest BCUT2D eigenvalue weighted by atomic mass is 10.3. The number of hydrogen-bond donors (Lipinski definition) is 0. The standard InChI is InChI=1S/C10H10ClN3S/c1-6-4-3-5-8(12-6)10-14-13-9(15-10)7(2)11/h3-5,7H,1-2H3. The molecular weight excluding hydrogens is 230 g/mol. The molecule has 0 N–H and O–H groups in total. The van der Waals surface area contributed by atoms with Gasteiger partial charge in [0.05, 0.1) is 5.38 Å². The Bertz CT molecular complexity index is 467. The Balaban J connectivity index is 2.37. The van der Waals surface area contributed by atoms with E-state index in [-0.39, 0.29) is 5.38 Å². The van der Waals surface area contributed by atoms with Crippen LogP contribution in [0, 0.1) is 6.92 Å². The van der Waals surface area contributed by atoms with Gasteiger partial charge in [0.25, 0.3) is 0 Å². The molecule has 78 valence electrons. The Morgan fingerprint density at radius 1 is 1.33 bits per heavy atom. The number of rotatable bonds is 2. The Morgan fingerprint density at radius 3 is 2.73 bits per heavy atom. The maximum atomic E-state index is 5.92. The van der Waals surface area contributed by atoms with Crippen molar-refractivity contribution in [2.75, 3.05) is 0 Å². The molecule has 0 aliphatic rings. The van der Waals surface area contributed by atoms with Crippen molar-refractivity contribution in [3.05, 3.63) is 28.9 Å². The zero-order chi connectivity index (χ0) is 10.8. The van der Waals surface area contributed by atoms with Crippen LogP contribution < -0.4 is 0 Å². The maximum Gasteiger partial charge on any atom is 0.166 e. The van der Waals surface area contributed by atoms with Crippen LogP contribution in [0.3, 0.4) is 0 Å². The van der Waals surface area contributed by atoms with Gasteiger partial charge in [-0.25, -0.2) is 0 Å². The van der Waals surface area contributed by atoms with E-state index in [4.69, 9.17) is 11.6 Å². The lowest BCUT2D eigenvalue weighted by Gasteiger charge is -1.95. The molecule has 0 radical (unpaired) electrons. The fraction of sp³-hybridized carbons (Fsp3) is 0.300. The number of nitrogens with zero attached hydrogens (tertiary/aromatic N) is 3. The number of hydrogen-bond acceptors (Lipinski definition) is 4. The van der Waals surface area contributed by atoms with Gasteiger partial charge < -0.3 is 0 Å². The molecule has 15 heavy (non-hydrogen) atoms. The molecule has 2 rings (SSSR count). The summed E-state index contributed by atoms with van der Waals surface area (Å²) in [7, 11) is 0. The van der Waals surface area contributed by atoms with Crippen molar-refractivity contribution < 1.29 is 0 Å². The van der Waals surface area contributed by atoms with Crippen LogP contribution in [0.2, 0.25) is 0 Å². The van der Waals surface area contributed by atoms with Gasteiger partial charge >= 0.3 is 0 Å². The van der Waals surface area contributed by atoms with E-state index in [2.05, 4.69) is 15.2 Å². The second kappa shape index (κ2) is 4.24. The molecule has 0 fully saturated rings. The minimum Gasteiger partial charge on any atom is -0.251 e. The predicted octanol–water partition coefficient (Wildman–Crippen LogP) is 3.21. The normalized spacial score (nSPS) is 12.7. The van der Waals surface area contributed by atoms with Crippen molar-refractivity contribution in [1.82, 2.24) is 15.2 Å². The van der Waals surface area contributed by atoms with Gasteiger partial charge in [-0.3, -0.25) is 4.98 Å². The lowest BCUT2D eigenvalue weighted by Crippen LogP contribution is -1.85. The van der Waals surface area contributed by atoms with Gasteiger partial charge in [-0.1, -0.05) is 17.4 Å². The molecule has 5 heteroatoms. The Hall–Kier alpha value is -1.00. The lowest BCUT2D eigenvalue weighted by molar-refractivity contribution is 0.960. The van der Waals surface area contributed by atoms with E-state index in [1.807, 2.05) is 32.0 Å². The van der Waals surface area contributed by atoms with Crippen molar-refractivity contribution in [2.24, 2.45) is 0 Å². The second-order valence-corrected chi connectivity index (χ2v) is 4.89. The highest BCUT2D eigenvalue weighted by Gasteiger charge is 2.11. The quantitative estimate of drug-likeness (QED) is 0.756. The summed E-state index contributed by atoms with van der Waals surface area (Å²) < 4.78 is 0. The van der Waals surface area contributed by atoms with Crippen LogP contribution in [0.1, 0.15) is 23.0 Å². The molecule has 2 aromatic rings. The Labute approximate surface area is 97.2 Å². The van der Waals surface area contributed by atoms with Crippen molar-refractivity contribution in [1.29, 1.82) is 0 Å². The molecule has 0 spiro atoms. The molecule has 0 saturated carbocycles. The van der Waals surface area contributed by atoms with E-state index in [0.29, 0.717) is 0 Å². The molecule has 0 aliphatic heterocycles. The van der Waals surface area contributed by atoms with Crippen LogP contribution >= 0.6 is 22.9 Å². The fourth-order valence-electron chi connectivity index (χ4n) is 1.16. The van der Waals surface area contributed by atoms with E-state index in [1.165, 1.54) is 11.3 Å². The summed E-state index contributed by atoms with van der Waals surface area (Å²) in [6.45, 7) is 3.84. The molecule has 0 aromatic carbocycles. The molecule has 3 nitrogen and oxygen atoms in total. The van der Waals surface area contributed by atoms with Crippen LogP contribution in [0.15, 0.2) is 18.2 Å². The number of alkyl halides is 1. The van der Waals surface area contributed by atoms with E-state index < -0.39 is 0 Å². The summed E-state index contributed by atoms with van der Waals surface area (Å²) in [6.07, 6.45) is 0. The highest BCUT2D eigenvalue weighted by molar-refractivity contribution is 7.14. The summed E-state index contributed by atoms with van der Waals surface area (Å²) in [5.74, 6) is 0. The third-order valence-corrected chi connectivity index (χ3v) is 3.35. The molecule has 1 unspecified atom stereocenters. The molecule has 1 atom stereocenters. The maximum absolute atomic E-state index is 5.92. The third kappa shape index (κ3) is 2.33. The third-order valence-electron chi connectivity index (χ3n) is 1.89. The first-order valence-electron chi connectivity index (χ1n) is 4.58. The second-order valence-electron chi connectivity index (χ2n) is 3.23. The van der Waals surface area contributed by atoms with Crippen LogP contribution in [0.4, 0.5) is 0 Å². The molecule has 2 aromatic heterocycles.